The van der Waals surface area contributed by atoms with Crippen molar-refractivity contribution >= 4 is 28.4 Å². The van der Waals surface area contributed by atoms with E-state index in [1.54, 1.807) is 25.1 Å². The van der Waals surface area contributed by atoms with Crippen LogP contribution in [0.1, 0.15) is 30.4 Å². The van der Waals surface area contributed by atoms with Crippen LogP contribution in [0, 0.1) is 5.82 Å². The zero-order valence-electron chi connectivity index (χ0n) is 22.8. The molecule has 0 radical (unpaired) electrons. The quantitative estimate of drug-likeness (QED) is 0.386. The minimum Gasteiger partial charge on any atom is -0.479 e. The number of likely N-dealkylation sites (tertiary alicyclic amines) is 1. The van der Waals surface area contributed by atoms with E-state index in [4.69, 9.17) is 8.85 Å². The molecule has 1 aliphatic heterocycles. The third-order valence-electron chi connectivity index (χ3n) is 6.34. The second-order valence-electron chi connectivity index (χ2n) is 8.80. The number of hydrogen-bond donors (Lipinski definition) is 1. The molecule has 5 rings (SSSR count). The summed E-state index contributed by atoms with van der Waals surface area (Å²) in [4.78, 5) is 16.8. The number of carbonyl (C=O) groups excluding carboxylic acids is 1. The zero-order valence-corrected chi connectivity index (χ0v) is 19.8. The SMILES string of the molecule is [2H]C([2H])([2H])C(=O)N1CC[C@@H](Nc2nc(OC)c3c(-c4ccc5nnn([C@@H](C)CF)c5c4)c(F)cn3n2)C(F)(F)C1. The highest BCUT2D eigenvalue weighted by Crippen LogP contribution is 2.36. The van der Waals surface area contributed by atoms with Crippen molar-refractivity contribution in [3.63, 3.8) is 0 Å². The van der Waals surface area contributed by atoms with Crippen molar-refractivity contribution in [2.24, 2.45) is 0 Å². The molecule has 196 valence electrons. The predicted octanol–water partition coefficient (Wildman–Crippen LogP) is 3.49. The number of piperidine rings is 1. The lowest BCUT2D eigenvalue weighted by Gasteiger charge is -2.38. The van der Waals surface area contributed by atoms with Crippen LogP contribution in [0.25, 0.3) is 27.7 Å². The van der Waals surface area contributed by atoms with E-state index >= 15 is 4.39 Å². The number of nitrogens with one attached hydrogen (secondary N) is 1. The van der Waals surface area contributed by atoms with Crippen LogP contribution in [0.15, 0.2) is 24.4 Å². The molecule has 1 N–H and O–H groups in total. The Morgan fingerprint density at radius 2 is 2.22 bits per heavy atom. The number of hydrogen-bond acceptors (Lipinski definition) is 7. The molecule has 0 bridgehead atoms. The Bertz CT molecular complexity index is 1590. The highest BCUT2D eigenvalue weighted by molar-refractivity contribution is 5.89. The van der Waals surface area contributed by atoms with Gasteiger partial charge < -0.3 is 15.0 Å². The molecule has 1 aromatic carbocycles. The first-order valence-corrected chi connectivity index (χ1v) is 11.3. The van der Waals surface area contributed by atoms with Gasteiger partial charge in [0, 0.05) is 17.5 Å². The summed E-state index contributed by atoms with van der Waals surface area (Å²) in [5.74, 6) is -5.97. The normalized spacial score (nSPS) is 19.9. The van der Waals surface area contributed by atoms with Crippen molar-refractivity contribution in [3.05, 3.63) is 30.2 Å². The molecule has 3 aromatic heterocycles. The van der Waals surface area contributed by atoms with Crippen LogP contribution in [-0.4, -0.2) is 79.2 Å². The maximum Gasteiger partial charge on any atom is 0.285 e. The first-order valence-electron chi connectivity index (χ1n) is 12.8. The lowest BCUT2D eigenvalue weighted by molar-refractivity contribution is -0.140. The van der Waals surface area contributed by atoms with Crippen molar-refractivity contribution in [2.75, 3.05) is 32.2 Å². The third-order valence-corrected chi connectivity index (χ3v) is 6.34. The highest BCUT2D eigenvalue weighted by atomic mass is 19.3. The molecule has 2 atom stereocenters. The van der Waals surface area contributed by atoms with Crippen molar-refractivity contribution in [3.8, 4) is 17.0 Å². The number of rotatable bonds is 6. The van der Waals surface area contributed by atoms with Gasteiger partial charge in [0.1, 0.15) is 17.7 Å². The van der Waals surface area contributed by atoms with Gasteiger partial charge in [-0.25, -0.2) is 26.8 Å². The lowest BCUT2D eigenvalue weighted by Crippen LogP contribution is -2.55. The Kier molecular flexibility index (Phi) is 5.23. The van der Waals surface area contributed by atoms with Gasteiger partial charge >= 0.3 is 0 Å². The van der Waals surface area contributed by atoms with Crippen LogP contribution < -0.4 is 10.1 Å². The number of methoxy groups -OCH3 is 1. The number of alkyl halides is 3. The zero-order chi connectivity index (χ0) is 29.0. The molecule has 4 heterocycles. The summed E-state index contributed by atoms with van der Waals surface area (Å²) in [6.45, 7) is -3.41. The van der Waals surface area contributed by atoms with Gasteiger partial charge in [0.05, 0.1) is 43.0 Å². The summed E-state index contributed by atoms with van der Waals surface area (Å²) in [6, 6.07) is 2.67. The van der Waals surface area contributed by atoms with Crippen LogP contribution >= 0.6 is 0 Å². The second kappa shape index (κ2) is 9.16. The number of fused-ring (bicyclic) bond motifs is 2. The smallest absolute Gasteiger partial charge is 0.285 e. The van der Waals surface area contributed by atoms with Crippen molar-refractivity contribution in [1.82, 2.24) is 34.5 Å². The molecule has 0 aliphatic carbocycles. The number of nitrogens with zero attached hydrogens (tertiary/aromatic N) is 7. The fourth-order valence-corrected chi connectivity index (χ4v) is 4.43. The van der Waals surface area contributed by atoms with Crippen LogP contribution in [0.2, 0.25) is 0 Å². The Hall–Kier alpha value is -3.97. The highest BCUT2D eigenvalue weighted by Gasteiger charge is 2.46. The summed E-state index contributed by atoms with van der Waals surface area (Å²) < 4.78 is 87.9. The van der Waals surface area contributed by atoms with Crippen LogP contribution in [0.3, 0.4) is 0 Å². The fourth-order valence-electron chi connectivity index (χ4n) is 4.43. The van der Waals surface area contributed by atoms with E-state index in [0.717, 1.165) is 10.7 Å². The molecule has 0 unspecified atom stereocenters. The molecule has 0 spiro atoms. The van der Waals surface area contributed by atoms with Crippen LogP contribution in [0.5, 0.6) is 5.88 Å². The van der Waals surface area contributed by atoms with E-state index in [1.807, 2.05) is 0 Å². The first kappa shape index (κ1) is 21.1. The van der Waals surface area contributed by atoms with Gasteiger partial charge in [-0.15, -0.1) is 10.2 Å². The maximum atomic E-state index is 15.3. The molecule has 14 heteroatoms. The Morgan fingerprint density at radius 3 is 2.92 bits per heavy atom. The van der Waals surface area contributed by atoms with E-state index in [9.17, 15) is 18.0 Å². The number of carbonyl (C=O) groups is 1. The molecular formula is C23H24F4N8O2. The summed E-state index contributed by atoms with van der Waals surface area (Å²) in [7, 11) is 1.28. The van der Waals surface area contributed by atoms with Crippen LogP contribution in [-0.2, 0) is 4.79 Å². The summed E-state index contributed by atoms with van der Waals surface area (Å²) in [5.41, 5.74) is 1.52. The number of ether oxygens (including phenoxy) is 1. The third kappa shape index (κ3) is 4.29. The number of benzene rings is 1. The largest absolute Gasteiger partial charge is 0.479 e. The van der Waals surface area contributed by atoms with E-state index < -0.39 is 49.8 Å². The standard InChI is InChI=1S/C23H24F4N8O2/c1-12(9-24)35-17-8-14(4-5-16(17)30-32-35)19-15(25)10-34-20(19)21(37-3)29-22(31-34)28-18-6-7-33(13(2)36)11-23(18,26)27/h4-5,8,10,12,18H,6-7,9,11H2,1-3H3,(H,28,31)/t12-,18+/m0/s1/i2D3. The summed E-state index contributed by atoms with van der Waals surface area (Å²) >= 11 is 0. The fraction of sp³-hybridized carbons (Fsp3) is 0.435. The number of aromatic nitrogens is 6. The number of halogens is 4. The monoisotopic (exact) mass is 523 g/mol. The Balaban J connectivity index is 1.48. The van der Waals surface area contributed by atoms with Gasteiger partial charge in [0.25, 0.3) is 5.92 Å². The molecule has 1 amide bonds. The van der Waals surface area contributed by atoms with Crippen molar-refractivity contribution in [2.45, 2.75) is 38.2 Å². The predicted molar refractivity (Wildman–Crippen MR) is 126 cm³/mol. The molecule has 10 nitrogen and oxygen atoms in total. The van der Waals surface area contributed by atoms with E-state index in [2.05, 4.69) is 25.7 Å². The van der Waals surface area contributed by atoms with Gasteiger partial charge in [-0.05, 0) is 31.0 Å². The molecular weight excluding hydrogens is 496 g/mol. The second-order valence-corrected chi connectivity index (χ2v) is 8.80. The van der Waals surface area contributed by atoms with Gasteiger partial charge in [-0.3, -0.25) is 4.79 Å². The number of amides is 1. The number of anilines is 1. The molecule has 1 fully saturated rings. The van der Waals surface area contributed by atoms with E-state index in [1.165, 1.54) is 11.8 Å². The molecule has 4 aromatic rings. The molecule has 1 aliphatic rings. The molecule has 1 saturated heterocycles. The molecule has 0 saturated carbocycles. The average Bonchev–Trinajstić information content (AvgIpc) is 3.47. The van der Waals surface area contributed by atoms with Gasteiger partial charge in [-0.2, -0.15) is 4.98 Å². The summed E-state index contributed by atoms with van der Waals surface area (Å²) in [5, 5.41) is 14.7. The van der Waals surface area contributed by atoms with Crippen molar-refractivity contribution < 1.29 is 31.2 Å². The van der Waals surface area contributed by atoms with Gasteiger partial charge in [-0.1, -0.05) is 11.3 Å². The lowest BCUT2D eigenvalue weighted by atomic mass is 10.0. The topological polar surface area (TPSA) is 102 Å². The summed E-state index contributed by atoms with van der Waals surface area (Å²) in [6.07, 6.45) is 0.753. The van der Waals surface area contributed by atoms with Gasteiger partial charge in [0.15, 0.2) is 5.82 Å². The Labute approximate surface area is 212 Å². The first-order chi connectivity index (χ1) is 18.8. The van der Waals surface area contributed by atoms with Gasteiger partial charge in [0.2, 0.25) is 17.7 Å². The minimum atomic E-state index is -3.51. The Morgan fingerprint density at radius 1 is 1.41 bits per heavy atom. The maximum absolute atomic E-state index is 15.3. The van der Waals surface area contributed by atoms with E-state index in [0.29, 0.717) is 21.5 Å². The molecule has 37 heavy (non-hydrogen) atoms. The van der Waals surface area contributed by atoms with Crippen LogP contribution in [0.4, 0.5) is 23.5 Å². The van der Waals surface area contributed by atoms with Crippen molar-refractivity contribution in [1.29, 1.82) is 0 Å². The average molecular weight is 524 g/mol. The van der Waals surface area contributed by atoms with E-state index in [-0.39, 0.29) is 35.9 Å². The minimum absolute atomic E-state index is 0.0627.